The summed E-state index contributed by atoms with van der Waals surface area (Å²) >= 11 is 0. The van der Waals surface area contributed by atoms with Crippen molar-refractivity contribution in [1.82, 2.24) is 4.90 Å². The predicted octanol–water partition coefficient (Wildman–Crippen LogP) is 2.63. The van der Waals surface area contributed by atoms with Crippen LogP contribution in [0, 0.1) is 12.8 Å². The van der Waals surface area contributed by atoms with E-state index in [0.29, 0.717) is 12.5 Å². The first-order valence-electron chi connectivity index (χ1n) is 9.59. The van der Waals surface area contributed by atoms with Gasteiger partial charge in [-0.2, -0.15) is 0 Å². The monoisotopic (exact) mass is 345 g/mol. The maximum atomic E-state index is 12.5. The van der Waals surface area contributed by atoms with Crippen LogP contribution >= 0.6 is 0 Å². The summed E-state index contributed by atoms with van der Waals surface area (Å²) in [6.45, 7) is 7.82. The summed E-state index contributed by atoms with van der Waals surface area (Å²) in [7, 11) is 0. The third-order valence-corrected chi connectivity index (χ3v) is 5.72. The summed E-state index contributed by atoms with van der Waals surface area (Å²) in [6, 6.07) is 6.38. The molecule has 5 heteroatoms. The Morgan fingerprint density at radius 1 is 1.24 bits per heavy atom. The molecular weight excluding hydrogens is 314 g/mol. The average molecular weight is 345 g/mol. The van der Waals surface area contributed by atoms with E-state index in [1.54, 1.807) is 0 Å². The Balaban J connectivity index is 1.60. The van der Waals surface area contributed by atoms with Crippen LogP contribution in [0.2, 0.25) is 0 Å². The quantitative estimate of drug-likeness (QED) is 0.861. The lowest BCUT2D eigenvalue weighted by molar-refractivity contribution is -0.118. The summed E-state index contributed by atoms with van der Waals surface area (Å²) in [5, 5.41) is 12.7. The molecule has 25 heavy (non-hydrogen) atoms. The van der Waals surface area contributed by atoms with Gasteiger partial charge in [-0.3, -0.25) is 9.69 Å². The molecule has 2 unspecified atom stereocenters. The summed E-state index contributed by atoms with van der Waals surface area (Å²) < 4.78 is 0. The molecule has 1 aromatic rings. The third-order valence-electron chi connectivity index (χ3n) is 5.72. The number of carbonyl (C=O) groups is 1. The second-order valence-corrected chi connectivity index (χ2v) is 7.58. The van der Waals surface area contributed by atoms with Crippen LogP contribution in [0.25, 0.3) is 0 Å². The topological polar surface area (TPSA) is 55.8 Å². The maximum absolute atomic E-state index is 12.5. The van der Waals surface area contributed by atoms with Crippen molar-refractivity contribution >= 4 is 17.3 Å². The number of aliphatic hydroxyl groups is 1. The predicted molar refractivity (Wildman–Crippen MR) is 102 cm³/mol. The van der Waals surface area contributed by atoms with E-state index in [1.807, 2.05) is 6.07 Å². The van der Waals surface area contributed by atoms with Crippen molar-refractivity contribution in [2.75, 3.05) is 43.0 Å². The summed E-state index contributed by atoms with van der Waals surface area (Å²) in [4.78, 5) is 17.0. The number of benzene rings is 1. The number of likely N-dealkylation sites (tertiary alicyclic amines) is 1. The highest BCUT2D eigenvalue weighted by Crippen LogP contribution is 2.26. The lowest BCUT2D eigenvalue weighted by Gasteiger charge is -2.38. The van der Waals surface area contributed by atoms with Gasteiger partial charge in [-0.25, -0.2) is 0 Å². The van der Waals surface area contributed by atoms with Crippen LogP contribution in [-0.2, 0) is 4.79 Å². The standard InChI is InChI=1S/C20H31N3O2/c1-15-6-5-11-23(19(15)14-24)13-20(25)21-18-8-7-17(12-16(18)2)22-9-3-4-10-22/h7-8,12,15,19,24H,3-6,9-11,13-14H2,1-2H3,(H,21,25). The zero-order valence-corrected chi connectivity index (χ0v) is 15.5. The van der Waals surface area contributed by atoms with Gasteiger partial charge in [0, 0.05) is 30.5 Å². The molecule has 2 atom stereocenters. The molecule has 138 valence electrons. The second kappa shape index (κ2) is 8.19. The van der Waals surface area contributed by atoms with Gasteiger partial charge in [0.15, 0.2) is 0 Å². The first kappa shape index (κ1) is 18.2. The number of anilines is 2. The zero-order valence-electron chi connectivity index (χ0n) is 15.5. The molecule has 3 rings (SSSR count). The summed E-state index contributed by atoms with van der Waals surface area (Å²) in [6.07, 6.45) is 4.74. The van der Waals surface area contributed by atoms with Crippen LogP contribution in [0.1, 0.15) is 38.2 Å². The largest absolute Gasteiger partial charge is 0.395 e. The van der Waals surface area contributed by atoms with Gasteiger partial charge in [0.05, 0.1) is 13.2 Å². The van der Waals surface area contributed by atoms with Crippen molar-refractivity contribution in [2.24, 2.45) is 5.92 Å². The van der Waals surface area contributed by atoms with Crippen LogP contribution < -0.4 is 10.2 Å². The van der Waals surface area contributed by atoms with Crippen molar-refractivity contribution in [2.45, 2.75) is 45.6 Å². The number of piperidine rings is 1. The first-order valence-corrected chi connectivity index (χ1v) is 9.59. The lowest BCUT2D eigenvalue weighted by atomic mass is 9.91. The molecule has 0 bridgehead atoms. The molecule has 2 aliphatic heterocycles. The van der Waals surface area contributed by atoms with E-state index < -0.39 is 0 Å². The molecule has 1 amide bonds. The molecule has 2 fully saturated rings. The van der Waals surface area contributed by atoms with Gasteiger partial charge < -0.3 is 15.3 Å². The third kappa shape index (κ3) is 4.33. The molecule has 5 nitrogen and oxygen atoms in total. The second-order valence-electron chi connectivity index (χ2n) is 7.58. The molecule has 0 spiro atoms. The van der Waals surface area contributed by atoms with Crippen LogP contribution in [0.3, 0.4) is 0 Å². The Bertz CT molecular complexity index is 599. The molecule has 0 saturated carbocycles. The molecule has 2 N–H and O–H groups in total. The Morgan fingerprint density at radius 2 is 2.00 bits per heavy atom. The van der Waals surface area contributed by atoms with Gasteiger partial charge in [-0.1, -0.05) is 6.92 Å². The van der Waals surface area contributed by atoms with Gasteiger partial charge in [0.25, 0.3) is 0 Å². The van der Waals surface area contributed by atoms with E-state index in [9.17, 15) is 9.90 Å². The number of aliphatic hydroxyl groups excluding tert-OH is 1. The summed E-state index contributed by atoms with van der Waals surface area (Å²) in [5.74, 6) is 0.442. The Morgan fingerprint density at radius 3 is 2.68 bits per heavy atom. The smallest absolute Gasteiger partial charge is 0.238 e. The minimum absolute atomic E-state index is 0.00423. The highest BCUT2D eigenvalue weighted by atomic mass is 16.3. The zero-order chi connectivity index (χ0) is 17.8. The van der Waals surface area contributed by atoms with Gasteiger partial charge in [0.1, 0.15) is 0 Å². The van der Waals surface area contributed by atoms with Crippen LogP contribution in [0.4, 0.5) is 11.4 Å². The average Bonchev–Trinajstić information content (AvgIpc) is 3.11. The van der Waals surface area contributed by atoms with Gasteiger partial charge >= 0.3 is 0 Å². The lowest BCUT2D eigenvalue weighted by Crippen LogP contribution is -2.49. The minimum atomic E-state index is 0.00423. The van der Waals surface area contributed by atoms with Crippen LogP contribution in [0.15, 0.2) is 18.2 Å². The fourth-order valence-electron chi connectivity index (χ4n) is 4.16. The number of carbonyl (C=O) groups excluding carboxylic acids is 1. The number of hydrogen-bond acceptors (Lipinski definition) is 4. The van der Waals surface area contributed by atoms with E-state index in [0.717, 1.165) is 43.7 Å². The molecule has 2 heterocycles. The number of hydrogen-bond donors (Lipinski definition) is 2. The Kier molecular flexibility index (Phi) is 5.97. The number of aryl methyl sites for hydroxylation is 1. The van der Waals surface area contributed by atoms with E-state index in [2.05, 4.69) is 41.1 Å². The van der Waals surface area contributed by atoms with Crippen molar-refractivity contribution < 1.29 is 9.90 Å². The minimum Gasteiger partial charge on any atom is -0.395 e. The number of nitrogens with zero attached hydrogens (tertiary/aromatic N) is 2. The molecule has 2 aliphatic rings. The highest BCUT2D eigenvalue weighted by molar-refractivity contribution is 5.93. The van der Waals surface area contributed by atoms with Gasteiger partial charge in [-0.05, 0) is 68.8 Å². The van der Waals surface area contributed by atoms with E-state index in [4.69, 9.17) is 0 Å². The number of nitrogens with one attached hydrogen (secondary N) is 1. The molecule has 0 aliphatic carbocycles. The van der Waals surface area contributed by atoms with Crippen LogP contribution in [-0.4, -0.2) is 54.7 Å². The number of amides is 1. The van der Waals surface area contributed by atoms with E-state index in [-0.39, 0.29) is 18.6 Å². The first-order chi connectivity index (χ1) is 12.1. The van der Waals surface area contributed by atoms with Gasteiger partial charge in [-0.15, -0.1) is 0 Å². The molecule has 0 radical (unpaired) electrons. The van der Waals surface area contributed by atoms with Crippen molar-refractivity contribution in [1.29, 1.82) is 0 Å². The van der Waals surface area contributed by atoms with Crippen molar-refractivity contribution in [3.05, 3.63) is 23.8 Å². The van der Waals surface area contributed by atoms with E-state index in [1.165, 1.54) is 18.5 Å². The molecule has 0 aromatic heterocycles. The molecular formula is C20H31N3O2. The fraction of sp³-hybridized carbons (Fsp3) is 0.650. The normalized spacial score (nSPS) is 24.5. The van der Waals surface area contributed by atoms with Crippen LogP contribution in [0.5, 0.6) is 0 Å². The van der Waals surface area contributed by atoms with Gasteiger partial charge in [0.2, 0.25) is 5.91 Å². The van der Waals surface area contributed by atoms with E-state index >= 15 is 0 Å². The fourth-order valence-corrected chi connectivity index (χ4v) is 4.16. The highest BCUT2D eigenvalue weighted by Gasteiger charge is 2.29. The number of rotatable bonds is 5. The Hall–Kier alpha value is -1.59. The van der Waals surface area contributed by atoms with Crippen molar-refractivity contribution in [3.63, 3.8) is 0 Å². The molecule has 2 saturated heterocycles. The Labute approximate surface area is 151 Å². The summed E-state index contributed by atoms with van der Waals surface area (Å²) in [5.41, 5.74) is 3.24. The van der Waals surface area contributed by atoms with Crippen molar-refractivity contribution in [3.8, 4) is 0 Å². The SMILES string of the molecule is Cc1cc(N2CCCC2)ccc1NC(=O)CN1CCCC(C)C1CO. The maximum Gasteiger partial charge on any atom is 0.238 e. The molecule has 1 aromatic carbocycles.